The summed E-state index contributed by atoms with van der Waals surface area (Å²) < 4.78 is 42.3. The molecule has 6 nitrogen and oxygen atoms in total. The molecule has 1 unspecified atom stereocenters. The SMILES string of the molecule is O=C(NC1CCCC1)N1CCCC(c2nnc(C(F)(F)F)o2)C1. The molecule has 1 saturated carbocycles. The molecular formula is C14H19F3N4O2. The molecule has 1 aliphatic heterocycles. The van der Waals surface area contributed by atoms with Crippen LogP contribution in [0.1, 0.15) is 56.2 Å². The molecule has 9 heteroatoms. The quantitative estimate of drug-likeness (QED) is 0.904. The number of nitrogens with zero attached hydrogens (tertiary/aromatic N) is 3. The fourth-order valence-electron chi connectivity index (χ4n) is 3.21. The van der Waals surface area contributed by atoms with E-state index in [1.165, 1.54) is 0 Å². The average molecular weight is 332 g/mol. The van der Waals surface area contributed by atoms with Gasteiger partial charge in [-0.05, 0) is 25.7 Å². The van der Waals surface area contributed by atoms with Gasteiger partial charge in [-0.1, -0.05) is 12.8 Å². The zero-order chi connectivity index (χ0) is 16.4. The van der Waals surface area contributed by atoms with Crippen molar-refractivity contribution >= 4 is 6.03 Å². The van der Waals surface area contributed by atoms with Crippen molar-refractivity contribution in [3.8, 4) is 0 Å². The first-order valence-corrected chi connectivity index (χ1v) is 7.89. The first-order chi connectivity index (χ1) is 10.9. The van der Waals surface area contributed by atoms with Crippen LogP contribution in [0.3, 0.4) is 0 Å². The summed E-state index contributed by atoms with van der Waals surface area (Å²) in [6.45, 7) is 0.896. The lowest BCUT2D eigenvalue weighted by Crippen LogP contribution is -2.47. The lowest BCUT2D eigenvalue weighted by Gasteiger charge is -2.32. The van der Waals surface area contributed by atoms with Crippen LogP contribution in [0.5, 0.6) is 0 Å². The highest BCUT2D eigenvalue weighted by Gasteiger charge is 2.39. The van der Waals surface area contributed by atoms with Crippen molar-refractivity contribution < 1.29 is 22.4 Å². The number of amides is 2. The number of urea groups is 1. The van der Waals surface area contributed by atoms with Crippen molar-refractivity contribution in [2.75, 3.05) is 13.1 Å². The number of aromatic nitrogens is 2. The monoisotopic (exact) mass is 332 g/mol. The van der Waals surface area contributed by atoms with E-state index in [1.54, 1.807) is 4.90 Å². The Balaban J connectivity index is 1.61. The molecule has 0 aromatic carbocycles. The van der Waals surface area contributed by atoms with Crippen LogP contribution in [0.2, 0.25) is 0 Å². The second-order valence-corrected chi connectivity index (χ2v) is 6.16. The van der Waals surface area contributed by atoms with E-state index < -0.39 is 12.1 Å². The Morgan fingerprint density at radius 1 is 1.17 bits per heavy atom. The number of carbonyl (C=O) groups is 1. The predicted octanol–water partition coefficient (Wildman–Crippen LogP) is 2.92. The number of rotatable bonds is 2. The number of hydrogen-bond acceptors (Lipinski definition) is 4. The Morgan fingerprint density at radius 2 is 1.91 bits per heavy atom. The number of hydrogen-bond donors (Lipinski definition) is 1. The van der Waals surface area contributed by atoms with Gasteiger partial charge in [-0.25, -0.2) is 4.79 Å². The molecule has 1 aliphatic carbocycles. The summed E-state index contributed by atoms with van der Waals surface area (Å²) in [4.78, 5) is 13.9. The van der Waals surface area contributed by atoms with Gasteiger partial charge in [0, 0.05) is 19.1 Å². The minimum Gasteiger partial charge on any atom is -0.417 e. The van der Waals surface area contributed by atoms with Gasteiger partial charge in [-0.3, -0.25) is 0 Å². The van der Waals surface area contributed by atoms with Crippen molar-refractivity contribution in [3.05, 3.63) is 11.8 Å². The van der Waals surface area contributed by atoms with Gasteiger partial charge in [0.15, 0.2) is 0 Å². The van der Waals surface area contributed by atoms with E-state index in [2.05, 4.69) is 15.5 Å². The standard InChI is InChI=1S/C14H19F3N4O2/c15-14(16,17)12-20-19-11(23-12)9-4-3-7-21(8-9)13(22)18-10-5-1-2-6-10/h9-10H,1-8H2,(H,18,22). The van der Waals surface area contributed by atoms with E-state index in [-0.39, 0.29) is 23.9 Å². The van der Waals surface area contributed by atoms with Crippen LogP contribution in [-0.4, -0.2) is 40.3 Å². The molecule has 1 N–H and O–H groups in total. The maximum atomic E-state index is 12.5. The van der Waals surface area contributed by atoms with Gasteiger partial charge in [0.1, 0.15) is 0 Å². The molecule has 2 heterocycles. The molecule has 1 saturated heterocycles. The second kappa shape index (κ2) is 6.37. The molecule has 128 valence electrons. The summed E-state index contributed by atoms with van der Waals surface area (Å²) in [6.07, 6.45) is 0.910. The molecular weight excluding hydrogens is 313 g/mol. The van der Waals surface area contributed by atoms with Crippen molar-refractivity contribution in [1.82, 2.24) is 20.4 Å². The molecule has 0 spiro atoms. The highest BCUT2D eigenvalue weighted by atomic mass is 19.4. The zero-order valence-electron chi connectivity index (χ0n) is 12.6. The number of carbonyl (C=O) groups excluding carboxylic acids is 1. The summed E-state index contributed by atoms with van der Waals surface area (Å²) in [5.74, 6) is -1.72. The Kier molecular flexibility index (Phi) is 4.45. The minimum absolute atomic E-state index is 0.0457. The number of likely N-dealkylation sites (tertiary alicyclic amines) is 1. The molecule has 2 aliphatic rings. The van der Waals surface area contributed by atoms with Crippen LogP contribution < -0.4 is 5.32 Å². The normalized spacial score (nSPS) is 23.3. The fraction of sp³-hybridized carbons (Fsp3) is 0.786. The van der Waals surface area contributed by atoms with Crippen LogP contribution in [0.25, 0.3) is 0 Å². The van der Waals surface area contributed by atoms with Gasteiger partial charge < -0.3 is 14.6 Å². The maximum absolute atomic E-state index is 12.5. The van der Waals surface area contributed by atoms with E-state index in [1.807, 2.05) is 0 Å². The number of alkyl halides is 3. The van der Waals surface area contributed by atoms with E-state index in [0.717, 1.165) is 25.7 Å². The third-order valence-corrected chi connectivity index (χ3v) is 4.42. The van der Waals surface area contributed by atoms with Crippen molar-refractivity contribution in [1.29, 1.82) is 0 Å². The van der Waals surface area contributed by atoms with E-state index in [9.17, 15) is 18.0 Å². The molecule has 1 aromatic heterocycles. The van der Waals surface area contributed by atoms with Gasteiger partial charge in [0.2, 0.25) is 5.89 Å². The zero-order valence-corrected chi connectivity index (χ0v) is 12.6. The molecule has 3 rings (SSSR count). The Hall–Kier alpha value is -1.80. The van der Waals surface area contributed by atoms with E-state index in [4.69, 9.17) is 4.42 Å². The molecule has 23 heavy (non-hydrogen) atoms. The smallest absolute Gasteiger partial charge is 0.417 e. The lowest BCUT2D eigenvalue weighted by molar-refractivity contribution is -0.157. The van der Waals surface area contributed by atoms with Gasteiger partial charge >= 0.3 is 18.1 Å². The van der Waals surface area contributed by atoms with Gasteiger partial charge in [-0.2, -0.15) is 13.2 Å². The van der Waals surface area contributed by atoms with E-state index >= 15 is 0 Å². The maximum Gasteiger partial charge on any atom is 0.470 e. The van der Waals surface area contributed by atoms with Gasteiger partial charge in [0.05, 0.1) is 5.92 Å². The third-order valence-electron chi connectivity index (χ3n) is 4.42. The summed E-state index contributed by atoms with van der Waals surface area (Å²) in [5, 5.41) is 9.55. The van der Waals surface area contributed by atoms with Crippen molar-refractivity contribution in [2.24, 2.45) is 0 Å². The van der Waals surface area contributed by atoms with Crippen molar-refractivity contribution in [2.45, 2.75) is 56.7 Å². The number of piperidine rings is 1. The van der Waals surface area contributed by atoms with Crippen LogP contribution >= 0.6 is 0 Å². The molecule has 1 atom stereocenters. The third kappa shape index (κ3) is 3.76. The summed E-state index contributed by atoms with van der Waals surface area (Å²) in [7, 11) is 0. The molecule has 0 radical (unpaired) electrons. The minimum atomic E-state index is -4.64. The molecule has 2 fully saturated rings. The van der Waals surface area contributed by atoms with Crippen LogP contribution in [-0.2, 0) is 6.18 Å². The number of nitrogens with one attached hydrogen (secondary N) is 1. The molecule has 1 aromatic rings. The van der Waals surface area contributed by atoms with Crippen LogP contribution in [0.4, 0.5) is 18.0 Å². The van der Waals surface area contributed by atoms with Crippen LogP contribution in [0, 0.1) is 0 Å². The Morgan fingerprint density at radius 3 is 2.57 bits per heavy atom. The van der Waals surface area contributed by atoms with Gasteiger partial charge in [-0.15, -0.1) is 10.2 Å². The summed E-state index contributed by atoms with van der Waals surface area (Å²) >= 11 is 0. The second-order valence-electron chi connectivity index (χ2n) is 6.16. The van der Waals surface area contributed by atoms with Crippen molar-refractivity contribution in [3.63, 3.8) is 0 Å². The Bertz CT molecular complexity index is 554. The predicted molar refractivity (Wildman–Crippen MR) is 73.6 cm³/mol. The number of halogens is 3. The van der Waals surface area contributed by atoms with Crippen LogP contribution in [0.15, 0.2) is 4.42 Å². The highest BCUT2D eigenvalue weighted by Crippen LogP contribution is 2.32. The largest absolute Gasteiger partial charge is 0.470 e. The van der Waals surface area contributed by atoms with Gasteiger partial charge in [0.25, 0.3) is 0 Å². The first kappa shape index (κ1) is 16.1. The highest BCUT2D eigenvalue weighted by molar-refractivity contribution is 5.74. The Labute approximate surface area is 131 Å². The summed E-state index contributed by atoms with van der Waals surface area (Å²) in [6, 6.07) is 0.0558. The molecule has 2 amide bonds. The average Bonchev–Trinajstić information content (AvgIpc) is 3.18. The molecule has 0 bridgehead atoms. The summed E-state index contributed by atoms with van der Waals surface area (Å²) in [5.41, 5.74) is 0. The first-order valence-electron chi connectivity index (χ1n) is 7.89. The topological polar surface area (TPSA) is 71.3 Å². The fourth-order valence-corrected chi connectivity index (χ4v) is 3.21. The lowest BCUT2D eigenvalue weighted by atomic mass is 9.98. The van der Waals surface area contributed by atoms with E-state index in [0.29, 0.717) is 25.9 Å².